The van der Waals surface area contributed by atoms with E-state index in [0.717, 1.165) is 10.9 Å². The molecule has 0 aliphatic heterocycles. The number of Topliss-reactive ketones (excluding diaryl/α,β-unsaturated/α-hetero) is 1. The summed E-state index contributed by atoms with van der Waals surface area (Å²) in [6, 6.07) is 12.4. The van der Waals surface area contributed by atoms with Crippen LogP contribution in [0.25, 0.3) is 10.9 Å². The highest BCUT2D eigenvalue weighted by Gasteiger charge is 2.28. The zero-order chi connectivity index (χ0) is 25.4. The Morgan fingerprint density at radius 1 is 1.09 bits per heavy atom. The van der Waals surface area contributed by atoms with E-state index in [1.807, 2.05) is 24.3 Å². The number of nitrogens with zero attached hydrogens (tertiary/aromatic N) is 1. The number of unbranched alkanes of at least 4 members (excludes halogenated alkanes) is 2. The molecule has 8 nitrogen and oxygen atoms in total. The number of para-hydroxylation sites is 1. The number of rotatable bonds is 12. The van der Waals surface area contributed by atoms with Crippen LogP contribution in [0, 0.1) is 0 Å². The Morgan fingerprint density at radius 3 is 2.60 bits per heavy atom. The van der Waals surface area contributed by atoms with E-state index in [0.29, 0.717) is 31.4 Å². The van der Waals surface area contributed by atoms with Crippen LogP contribution < -0.4 is 14.8 Å². The summed E-state index contributed by atoms with van der Waals surface area (Å²) in [6.45, 7) is 1.53. The third kappa shape index (κ3) is 7.48. The molecule has 2 N–H and O–H groups in total. The number of nitrogens with one attached hydrogen (secondary N) is 2. The molecule has 3 rings (SSSR count). The van der Waals surface area contributed by atoms with Gasteiger partial charge in [0.15, 0.2) is 0 Å². The number of benzene rings is 2. The number of sulfonamides is 1. The first kappa shape index (κ1) is 26.6. The number of carbonyl (C=O) groups is 2. The van der Waals surface area contributed by atoms with Crippen molar-refractivity contribution in [3.8, 4) is 5.75 Å². The number of fused-ring (bicyclic) bond motifs is 1. The van der Waals surface area contributed by atoms with E-state index in [1.54, 1.807) is 6.07 Å². The summed E-state index contributed by atoms with van der Waals surface area (Å²) in [5, 5.41) is 3.83. The van der Waals surface area contributed by atoms with Crippen molar-refractivity contribution in [2.45, 2.75) is 50.0 Å². The molecule has 0 spiro atoms. The highest BCUT2D eigenvalue weighted by atomic mass is 35.5. The van der Waals surface area contributed by atoms with Crippen LogP contribution in [0.5, 0.6) is 5.75 Å². The molecule has 0 aliphatic carbocycles. The molecule has 35 heavy (non-hydrogen) atoms. The van der Waals surface area contributed by atoms with Gasteiger partial charge in [-0.25, -0.2) is 8.42 Å². The molecule has 186 valence electrons. The quantitative estimate of drug-likeness (QED) is 0.336. The first-order valence-corrected chi connectivity index (χ1v) is 13.1. The molecule has 0 fully saturated rings. The summed E-state index contributed by atoms with van der Waals surface area (Å²) >= 11 is 6.02. The van der Waals surface area contributed by atoms with Crippen molar-refractivity contribution < 1.29 is 22.7 Å². The van der Waals surface area contributed by atoms with E-state index in [-0.39, 0.29) is 27.9 Å². The van der Waals surface area contributed by atoms with Crippen molar-refractivity contribution in [1.82, 2.24) is 9.71 Å². The molecular formula is C25H28ClN3O5S. The topological polar surface area (TPSA) is 114 Å². The lowest BCUT2D eigenvalue weighted by atomic mass is 10.1. The number of hydrogen-bond acceptors (Lipinski definition) is 6. The van der Waals surface area contributed by atoms with Crippen LogP contribution in [0.4, 0.5) is 5.69 Å². The molecule has 1 amide bonds. The highest BCUT2D eigenvalue weighted by Crippen LogP contribution is 2.27. The molecule has 10 heteroatoms. The number of halogens is 1. The molecular weight excluding hydrogens is 490 g/mol. The number of hydrogen-bond donors (Lipinski definition) is 2. The summed E-state index contributed by atoms with van der Waals surface area (Å²) < 4.78 is 34.1. The van der Waals surface area contributed by atoms with Gasteiger partial charge in [-0.3, -0.25) is 9.78 Å². The number of pyridine rings is 1. The van der Waals surface area contributed by atoms with Gasteiger partial charge < -0.3 is 14.8 Å². The number of ether oxygens (including phenoxy) is 1. The maximum absolute atomic E-state index is 13.2. The maximum Gasteiger partial charge on any atom is 0.245 e. The van der Waals surface area contributed by atoms with Crippen LogP contribution in [-0.4, -0.2) is 38.2 Å². The minimum absolute atomic E-state index is 0.0943. The monoisotopic (exact) mass is 517 g/mol. The van der Waals surface area contributed by atoms with Crippen molar-refractivity contribution in [3.05, 3.63) is 59.8 Å². The van der Waals surface area contributed by atoms with Gasteiger partial charge in [0.1, 0.15) is 22.5 Å². The number of anilines is 1. The van der Waals surface area contributed by atoms with Crippen LogP contribution in [0.15, 0.2) is 59.6 Å². The van der Waals surface area contributed by atoms with Gasteiger partial charge >= 0.3 is 0 Å². The van der Waals surface area contributed by atoms with Crippen molar-refractivity contribution in [2.75, 3.05) is 12.4 Å². The number of carbonyl (C=O) groups excluding carboxylic acids is 2. The fourth-order valence-corrected chi connectivity index (χ4v) is 5.28. The first-order valence-electron chi connectivity index (χ1n) is 11.2. The third-order valence-electron chi connectivity index (χ3n) is 5.41. The zero-order valence-corrected chi connectivity index (χ0v) is 21.2. The van der Waals surface area contributed by atoms with E-state index in [2.05, 4.69) is 15.0 Å². The molecule has 1 atom stereocenters. The van der Waals surface area contributed by atoms with Gasteiger partial charge in [0.05, 0.1) is 24.5 Å². The van der Waals surface area contributed by atoms with Gasteiger partial charge in [0, 0.05) is 16.8 Å². The average molecular weight is 518 g/mol. The fraction of sp³-hybridized carbons (Fsp3) is 0.320. The lowest BCUT2D eigenvalue weighted by molar-refractivity contribution is -0.118. The second kappa shape index (κ2) is 12.1. The van der Waals surface area contributed by atoms with Crippen LogP contribution in [0.2, 0.25) is 5.02 Å². The van der Waals surface area contributed by atoms with Crippen molar-refractivity contribution in [3.63, 3.8) is 0 Å². The van der Waals surface area contributed by atoms with Crippen molar-refractivity contribution in [1.29, 1.82) is 0 Å². The molecule has 0 unspecified atom stereocenters. The maximum atomic E-state index is 13.2. The molecule has 1 heterocycles. The van der Waals surface area contributed by atoms with Crippen molar-refractivity contribution in [2.24, 2.45) is 0 Å². The number of aromatic nitrogens is 1. The van der Waals surface area contributed by atoms with E-state index >= 15 is 0 Å². The Kier molecular flexibility index (Phi) is 9.20. The number of ketones is 1. The summed E-state index contributed by atoms with van der Waals surface area (Å²) in [5.41, 5.74) is 1.23. The van der Waals surface area contributed by atoms with Gasteiger partial charge in [-0.15, -0.1) is 0 Å². The smallest absolute Gasteiger partial charge is 0.245 e. The molecule has 0 saturated carbocycles. The average Bonchev–Trinajstić information content (AvgIpc) is 2.82. The van der Waals surface area contributed by atoms with E-state index in [1.165, 1.54) is 38.4 Å². The molecule has 0 aliphatic rings. The van der Waals surface area contributed by atoms with Gasteiger partial charge in [-0.1, -0.05) is 42.6 Å². The normalized spacial score (nSPS) is 12.3. The standard InChI is InChI=1S/C25H28ClN3O5S/c1-17(30)8-4-3-5-11-22(29-35(32,33)24-15-19(26)12-13-23(24)34-2)25(31)28-20-14-18-9-6-7-10-21(18)27-16-20/h6-7,9-10,12-16,22,29H,3-5,8,11H2,1-2H3,(H,28,31)/t22-/m0/s1. The molecule has 0 radical (unpaired) electrons. The zero-order valence-electron chi connectivity index (χ0n) is 19.6. The van der Waals surface area contributed by atoms with Gasteiger partial charge in [0.2, 0.25) is 15.9 Å². The third-order valence-corrected chi connectivity index (χ3v) is 7.14. The highest BCUT2D eigenvalue weighted by molar-refractivity contribution is 7.89. The predicted molar refractivity (Wildman–Crippen MR) is 136 cm³/mol. The summed E-state index contributed by atoms with van der Waals surface area (Å²) in [5.74, 6) is -0.309. The largest absolute Gasteiger partial charge is 0.495 e. The fourth-order valence-electron chi connectivity index (χ4n) is 3.62. The van der Waals surface area contributed by atoms with Crippen LogP contribution >= 0.6 is 11.6 Å². The SMILES string of the molecule is COc1ccc(Cl)cc1S(=O)(=O)N[C@@H](CCCCCC(C)=O)C(=O)Nc1cnc2ccccc2c1. The second-order valence-corrected chi connectivity index (χ2v) is 10.3. The van der Waals surface area contributed by atoms with Gasteiger partial charge in [0.25, 0.3) is 0 Å². The molecule has 0 bridgehead atoms. The molecule has 1 aromatic heterocycles. The molecule has 0 saturated heterocycles. The van der Waals surface area contributed by atoms with Crippen LogP contribution in [0.3, 0.4) is 0 Å². The molecule has 2 aromatic carbocycles. The van der Waals surface area contributed by atoms with Gasteiger partial charge in [-0.2, -0.15) is 4.72 Å². The second-order valence-electron chi connectivity index (χ2n) is 8.18. The lowest BCUT2D eigenvalue weighted by Crippen LogP contribution is -2.43. The Labute approximate surface area is 210 Å². The summed E-state index contributed by atoms with van der Waals surface area (Å²) in [7, 11) is -2.79. The minimum Gasteiger partial charge on any atom is -0.495 e. The van der Waals surface area contributed by atoms with Crippen LogP contribution in [-0.2, 0) is 19.6 Å². The minimum atomic E-state index is -4.14. The Morgan fingerprint density at radius 2 is 1.86 bits per heavy atom. The van der Waals surface area contributed by atoms with E-state index in [4.69, 9.17) is 16.3 Å². The first-order chi connectivity index (χ1) is 16.7. The van der Waals surface area contributed by atoms with Crippen LogP contribution in [0.1, 0.15) is 39.0 Å². The van der Waals surface area contributed by atoms with Crippen molar-refractivity contribution >= 4 is 49.9 Å². The summed E-state index contributed by atoms with van der Waals surface area (Å²) in [6.07, 6.45) is 4.13. The Balaban J connectivity index is 1.81. The molecule has 3 aromatic rings. The number of amides is 1. The lowest BCUT2D eigenvalue weighted by Gasteiger charge is -2.20. The Hall–Kier alpha value is -3.01. The summed E-state index contributed by atoms with van der Waals surface area (Å²) in [4.78, 5) is 28.5. The van der Waals surface area contributed by atoms with E-state index < -0.39 is 22.0 Å². The predicted octanol–water partition coefficient (Wildman–Crippen LogP) is 4.72. The van der Waals surface area contributed by atoms with Gasteiger partial charge in [-0.05, 0) is 50.1 Å². The Bertz CT molecular complexity index is 1310. The van der Waals surface area contributed by atoms with E-state index in [9.17, 15) is 18.0 Å². The number of methoxy groups -OCH3 is 1.